The molecule has 0 aliphatic heterocycles. The SMILES string of the molecule is CCC[C@H](N)C(=O)N[C@H](CC(C)C)C(=O)OC. The highest BCUT2D eigenvalue weighted by molar-refractivity contribution is 5.87. The summed E-state index contributed by atoms with van der Waals surface area (Å²) < 4.78 is 4.66. The molecular weight excluding hydrogens is 220 g/mol. The largest absolute Gasteiger partial charge is 0.467 e. The predicted molar refractivity (Wildman–Crippen MR) is 66.3 cm³/mol. The van der Waals surface area contributed by atoms with Crippen LogP contribution in [0.25, 0.3) is 0 Å². The molecule has 0 rings (SSSR count). The minimum Gasteiger partial charge on any atom is -0.467 e. The zero-order valence-corrected chi connectivity index (χ0v) is 11.2. The number of methoxy groups -OCH3 is 1. The summed E-state index contributed by atoms with van der Waals surface area (Å²) in [6.07, 6.45) is 2.00. The van der Waals surface area contributed by atoms with E-state index in [0.717, 1.165) is 6.42 Å². The average Bonchev–Trinajstić information content (AvgIpc) is 2.26. The van der Waals surface area contributed by atoms with E-state index in [1.807, 2.05) is 20.8 Å². The van der Waals surface area contributed by atoms with Crippen LogP contribution in [-0.2, 0) is 14.3 Å². The summed E-state index contributed by atoms with van der Waals surface area (Å²) in [5.41, 5.74) is 5.68. The summed E-state index contributed by atoms with van der Waals surface area (Å²) in [6.45, 7) is 5.92. The maximum absolute atomic E-state index is 11.7. The van der Waals surface area contributed by atoms with E-state index >= 15 is 0 Å². The van der Waals surface area contributed by atoms with Crippen LogP contribution in [-0.4, -0.2) is 31.1 Å². The van der Waals surface area contributed by atoms with Gasteiger partial charge in [0.15, 0.2) is 0 Å². The summed E-state index contributed by atoms with van der Waals surface area (Å²) >= 11 is 0. The Labute approximate surface area is 103 Å². The third-order valence-electron chi connectivity index (χ3n) is 2.45. The minimum atomic E-state index is -0.601. The molecular formula is C12H24N2O3. The molecule has 100 valence electrons. The lowest BCUT2D eigenvalue weighted by molar-refractivity contribution is -0.145. The Morgan fingerprint density at radius 1 is 1.35 bits per heavy atom. The standard InChI is InChI=1S/C12H24N2O3/c1-5-6-9(13)11(15)14-10(7-8(2)3)12(16)17-4/h8-10H,5-7,13H2,1-4H3,(H,14,15)/t9-,10+/m0/s1. The van der Waals surface area contributed by atoms with Crippen LogP contribution in [0.3, 0.4) is 0 Å². The van der Waals surface area contributed by atoms with Crippen molar-refractivity contribution in [2.75, 3.05) is 7.11 Å². The van der Waals surface area contributed by atoms with Crippen molar-refractivity contribution in [2.24, 2.45) is 11.7 Å². The Morgan fingerprint density at radius 2 is 1.94 bits per heavy atom. The van der Waals surface area contributed by atoms with Crippen molar-refractivity contribution in [1.29, 1.82) is 0 Å². The minimum absolute atomic E-state index is 0.289. The van der Waals surface area contributed by atoms with Crippen molar-refractivity contribution in [1.82, 2.24) is 5.32 Å². The molecule has 0 aromatic carbocycles. The fourth-order valence-electron chi connectivity index (χ4n) is 1.55. The van der Waals surface area contributed by atoms with E-state index in [4.69, 9.17) is 5.73 Å². The molecule has 2 atom stereocenters. The van der Waals surface area contributed by atoms with Gasteiger partial charge in [-0.2, -0.15) is 0 Å². The van der Waals surface area contributed by atoms with Gasteiger partial charge in [-0.15, -0.1) is 0 Å². The molecule has 1 amide bonds. The van der Waals surface area contributed by atoms with Crippen molar-refractivity contribution in [3.05, 3.63) is 0 Å². The molecule has 0 radical (unpaired) electrons. The van der Waals surface area contributed by atoms with Crippen molar-refractivity contribution in [3.63, 3.8) is 0 Å². The van der Waals surface area contributed by atoms with Gasteiger partial charge in [0.1, 0.15) is 6.04 Å². The van der Waals surface area contributed by atoms with Crippen LogP contribution in [0, 0.1) is 5.92 Å². The number of ether oxygens (including phenoxy) is 1. The fraction of sp³-hybridized carbons (Fsp3) is 0.833. The molecule has 0 spiro atoms. The molecule has 0 aromatic rings. The summed E-state index contributed by atoms with van der Waals surface area (Å²) in [6, 6.07) is -1.16. The normalized spacial score (nSPS) is 14.2. The molecule has 0 aromatic heterocycles. The number of nitrogens with one attached hydrogen (secondary N) is 1. The van der Waals surface area contributed by atoms with Gasteiger partial charge in [0.25, 0.3) is 0 Å². The molecule has 5 nitrogen and oxygen atoms in total. The van der Waals surface area contributed by atoms with Gasteiger partial charge < -0.3 is 15.8 Å². The molecule has 0 unspecified atom stereocenters. The molecule has 3 N–H and O–H groups in total. The lowest BCUT2D eigenvalue weighted by atomic mass is 10.0. The predicted octanol–water partition coefficient (Wildman–Crippen LogP) is 0.818. The van der Waals surface area contributed by atoms with E-state index in [1.54, 1.807) is 0 Å². The van der Waals surface area contributed by atoms with Crippen LogP contribution in [0.1, 0.15) is 40.0 Å². The van der Waals surface area contributed by atoms with Gasteiger partial charge in [0.05, 0.1) is 13.2 Å². The van der Waals surface area contributed by atoms with Crippen LogP contribution in [0.2, 0.25) is 0 Å². The Bertz CT molecular complexity index is 254. The Morgan fingerprint density at radius 3 is 2.35 bits per heavy atom. The second-order valence-electron chi connectivity index (χ2n) is 4.61. The van der Waals surface area contributed by atoms with Crippen molar-refractivity contribution in [3.8, 4) is 0 Å². The quantitative estimate of drug-likeness (QED) is 0.650. The Hall–Kier alpha value is -1.10. The number of esters is 1. The van der Waals surface area contributed by atoms with Gasteiger partial charge in [0.2, 0.25) is 5.91 Å². The third kappa shape index (κ3) is 6.26. The summed E-state index contributed by atoms with van der Waals surface area (Å²) in [5.74, 6) is -0.416. The first kappa shape index (κ1) is 15.9. The number of carbonyl (C=O) groups is 2. The van der Waals surface area contributed by atoms with E-state index in [1.165, 1.54) is 7.11 Å². The molecule has 0 heterocycles. The second kappa shape index (κ2) is 8.06. The van der Waals surface area contributed by atoms with E-state index in [9.17, 15) is 9.59 Å². The van der Waals surface area contributed by atoms with E-state index in [0.29, 0.717) is 18.8 Å². The van der Waals surface area contributed by atoms with Gasteiger partial charge in [-0.1, -0.05) is 27.2 Å². The van der Waals surface area contributed by atoms with Crippen molar-refractivity contribution >= 4 is 11.9 Å². The molecule has 0 saturated heterocycles. The van der Waals surface area contributed by atoms with Crippen molar-refractivity contribution < 1.29 is 14.3 Å². The van der Waals surface area contributed by atoms with Crippen molar-refractivity contribution in [2.45, 2.75) is 52.1 Å². The maximum Gasteiger partial charge on any atom is 0.328 e. The van der Waals surface area contributed by atoms with Crippen LogP contribution >= 0.6 is 0 Å². The van der Waals surface area contributed by atoms with E-state index in [2.05, 4.69) is 10.1 Å². The van der Waals surface area contributed by atoms with Crippen LogP contribution in [0.4, 0.5) is 0 Å². The van der Waals surface area contributed by atoms with Gasteiger partial charge in [-0.05, 0) is 18.8 Å². The Kier molecular flexibility index (Phi) is 7.54. The van der Waals surface area contributed by atoms with Crippen LogP contribution in [0.15, 0.2) is 0 Å². The molecule has 5 heteroatoms. The second-order valence-corrected chi connectivity index (χ2v) is 4.61. The lowest BCUT2D eigenvalue weighted by Gasteiger charge is -2.20. The van der Waals surface area contributed by atoms with Gasteiger partial charge in [0, 0.05) is 0 Å². The third-order valence-corrected chi connectivity index (χ3v) is 2.45. The molecule has 0 saturated carbocycles. The topological polar surface area (TPSA) is 81.4 Å². The number of carbonyl (C=O) groups excluding carboxylic acids is 2. The zero-order chi connectivity index (χ0) is 13.4. The molecule has 17 heavy (non-hydrogen) atoms. The number of rotatable bonds is 7. The van der Waals surface area contributed by atoms with E-state index < -0.39 is 18.1 Å². The highest BCUT2D eigenvalue weighted by atomic mass is 16.5. The summed E-state index contributed by atoms with van der Waals surface area (Å²) in [5, 5.41) is 2.65. The molecule has 0 aliphatic carbocycles. The lowest BCUT2D eigenvalue weighted by Crippen LogP contribution is -2.49. The summed E-state index contributed by atoms with van der Waals surface area (Å²) in [7, 11) is 1.31. The molecule has 0 aliphatic rings. The number of hydrogen-bond donors (Lipinski definition) is 2. The average molecular weight is 244 g/mol. The van der Waals surface area contributed by atoms with Crippen LogP contribution in [0.5, 0.6) is 0 Å². The highest BCUT2D eigenvalue weighted by Gasteiger charge is 2.24. The smallest absolute Gasteiger partial charge is 0.328 e. The molecule has 0 bridgehead atoms. The monoisotopic (exact) mass is 244 g/mol. The Balaban J connectivity index is 4.42. The van der Waals surface area contributed by atoms with Gasteiger partial charge in [-0.25, -0.2) is 4.79 Å². The van der Waals surface area contributed by atoms with Gasteiger partial charge >= 0.3 is 5.97 Å². The number of nitrogens with two attached hydrogens (primary N) is 1. The fourth-order valence-corrected chi connectivity index (χ4v) is 1.55. The van der Waals surface area contributed by atoms with E-state index in [-0.39, 0.29) is 5.91 Å². The van der Waals surface area contributed by atoms with Gasteiger partial charge in [-0.3, -0.25) is 4.79 Å². The maximum atomic E-state index is 11.7. The first-order valence-corrected chi connectivity index (χ1v) is 6.06. The first-order chi connectivity index (χ1) is 7.92. The molecule has 0 fully saturated rings. The number of hydrogen-bond acceptors (Lipinski definition) is 4. The first-order valence-electron chi connectivity index (χ1n) is 6.06. The highest BCUT2D eigenvalue weighted by Crippen LogP contribution is 2.07. The van der Waals surface area contributed by atoms with Crippen LogP contribution < -0.4 is 11.1 Å². The summed E-state index contributed by atoms with van der Waals surface area (Å²) in [4.78, 5) is 23.2. The zero-order valence-electron chi connectivity index (χ0n) is 11.2. The number of amides is 1.